The zero-order valence-corrected chi connectivity index (χ0v) is 8.97. The maximum absolute atomic E-state index is 12.9. The van der Waals surface area contributed by atoms with E-state index in [-0.39, 0.29) is 16.1 Å². The smallest absolute Gasteiger partial charge is 0.188 e. The molecular weight excluding hydrogens is 293 g/mol. The van der Waals surface area contributed by atoms with Crippen LogP contribution in [0.4, 0.5) is 8.78 Å². The molecule has 0 aliphatic rings. The van der Waals surface area contributed by atoms with Gasteiger partial charge in [0.25, 0.3) is 0 Å². The average Bonchev–Trinajstić information content (AvgIpc) is 2.13. The van der Waals surface area contributed by atoms with Gasteiger partial charge < -0.3 is 9.47 Å². The van der Waals surface area contributed by atoms with Crippen LogP contribution in [0.15, 0.2) is 12.1 Å². The second kappa shape index (κ2) is 4.71. The van der Waals surface area contributed by atoms with Crippen LogP contribution in [-0.2, 0) is 4.74 Å². The Morgan fingerprint density at radius 1 is 1.38 bits per heavy atom. The molecule has 0 saturated heterocycles. The maximum Gasteiger partial charge on any atom is 0.188 e. The lowest BCUT2D eigenvalue weighted by molar-refractivity contribution is 0.0501. The maximum atomic E-state index is 12.9. The number of halogens is 3. The average molecular weight is 300 g/mol. The number of ether oxygens (including phenoxy) is 2. The first-order chi connectivity index (χ1) is 6.16. The molecule has 0 radical (unpaired) electrons. The summed E-state index contributed by atoms with van der Waals surface area (Å²) in [5, 5.41) is 0. The summed E-state index contributed by atoms with van der Waals surface area (Å²) in [4.78, 5) is 0. The van der Waals surface area contributed by atoms with E-state index in [0.29, 0.717) is 0 Å². The number of rotatable bonds is 3. The van der Waals surface area contributed by atoms with Gasteiger partial charge in [0.05, 0.1) is 3.57 Å². The highest BCUT2D eigenvalue weighted by Crippen LogP contribution is 2.25. The first-order valence-corrected chi connectivity index (χ1v) is 4.50. The topological polar surface area (TPSA) is 18.5 Å². The van der Waals surface area contributed by atoms with Crippen molar-refractivity contribution in [3.8, 4) is 5.75 Å². The van der Waals surface area contributed by atoms with Crippen LogP contribution in [-0.4, -0.2) is 13.9 Å². The number of benzene rings is 1. The first kappa shape index (κ1) is 10.6. The van der Waals surface area contributed by atoms with Gasteiger partial charge >= 0.3 is 0 Å². The lowest BCUT2D eigenvalue weighted by atomic mass is 10.3. The van der Waals surface area contributed by atoms with E-state index >= 15 is 0 Å². The van der Waals surface area contributed by atoms with Gasteiger partial charge in [0.2, 0.25) is 0 Å². The molecule has 0 N–H and O–H groups in total. The molecular formula is C8H7F2IO2. The third-order valence-electron chi connectivity index (χ3n) is 1.33. The monoisotopic (exact) mass is 300 g/mol. The summed E-state index contributed by atoms with van der Waals surface area (Å²) in [6.45, 7) is 0.0150. The first-order valence-electron chi connectivity index (χ1n) is 3.42. The largest absolute Gasteiger partial charge is 0.466 e. The van der Waals surface area contributed by atoms with E-state index in [1.807, 2.05) is 0 Å². The van der Waals surface area contributed by atoms with Crippen molar-refractivity contribution < 1.29 is 18.3 Å². The Hall–Kier alpha value is -0.430. The minimum atomic E-state index is -0.894. The van der Waals surface area contributed by atoms with Crippen molar-refractivity contribution in [1.82, 2.24) is 0 Å². The van der Waals surface area contributed by atoms with E-state index in [9.17, 15) is 8.78 Å². The van der Waals surface area contributed by atoms with Crippen LogP contribution < -0.4 is 4.74 Å². The zero-order valence-electron chi connectivity index (χ0n) is 6.81. The molecule has 13 heavy (non-hydrogen) atoms. The summed E-state index contributed by atoms with van der Waals surface area (Å²) >= 11 is 1.67. The van der Waals surface area contributed by atoms with Gasteiger partial charge in [-0.15, -0.1) is 0 Å². The van der Waals surface area contributed by atoms with Crippen LogP contribution in [0.3, 0.4) is 0 Å². The van der Waals surface area contributed by atoms with Gasteiger partial charge in [0, 0.05) is 7.11 Å². The van der Waals surface area contributed by atoms with Crippen molar-refractivity contribution in [2.24, 2.45) is 0 Å². The highest BCUT2D eigenvalue weighted by atomic mass is 127. The van der Waals surface area contributed by atoms with Crippen LogP contribution in [0.25, 0.3) is 0 Å². The van der Waals surface area contributed by atoms with Crippen molar-refractivity contribution >= 4 is 22.6 Å². The second-order valence-corrected chi connectivity index (χ2v) is 3.30. The summed E-state index contributed by atoms with van der Waals surface area (Å²) in [7, 11) is 1.45. The summed E-state index contributed by atoms with van der Waals surface area (Å²) < 4.78 is 35.3. The summed E-state index contributed by atoms with van der Waals surface area (Å²) in [5.74, 6) is -1.50. The van der Waals surface area contributed by atoms with E-state index in [4.69, 9.17) is 4.74 Å². The van der Waals surface area contributed by atoms with Crippen LogP contribution >= 0.6 is 22.6 Å². The molecule has 5 heteroatoms. The Bertz CT molecular complexity index is 304. The molecule has 0 atom stereocenters. The van der Waals surface area contributed by atoms with E-state index in [1.165, 1.54) is 13.2 Å². The molecule has 0 saturated carbocycles. The van der Waals surface area contributed by atoms with Gasteiger partial charge in [0.15, 0.2) is 18.4 Å². The number of hydrogen-bond acceptors (Lipinski definition) is 2. The lowest BCUT2D eigenvalue weighted by Crippen LogP contribution is -2.02. The highest BCUT2D eigenvalue weighted by molar-refractivity contribution is 14.1. The Labute approximate surface area is 88.0 Å². The van der Waals surface area contributed by atoms with Crippen LogP contribution in [0.2, 0.25) is 0 Å². The minimum absolute atomic E-state index is 0.0150. The van der Waals surface area contributed by atoms with Crippen LogP contribution in [0.5, 0.6) is 5.75 Å². The van der Waals surface area contributed by atoms with Gasteiger partial charge in [-0.25, -0.2) is 8.78 Å². The van der Waals surface area contributed by atoms with Crippen molar-refractivity contribution in [2.45, 2.75) is 0 Å². The second-order valence-electron chi connectivity index (χ2n) is 2.22. The summed E-state index contributed by atoms with van der Waals surface area (Å²) in [5.41, 5.74) is 0. The molecule has 1 aromatic rings. The van der Waals surface area contributed by atoms with Crippen molar-refractivity contribution in [1.29, 1.82) is 0 Å². The highest BCUT2D eigenvalue weighted by Gasteiger charge is 2.11. The molecule has 0 aromatic heterocycles. The van der Waals surface area contributed by atoms with E-state index in [0.717, 1.165) is 6.07 Å². The molecule has 0 amide bonds. The standard InChI is InChI=1S/C8H7F2IO2/c1-12-4-13-6-3-2-5(9)7(10)8(6)11/h2-3H,4H2,1H3. The fraction of sp³-hybridized carbons (Fsp3) is 0.250. The van der Waals surface area contributed by atoms with Crippen molar-refractivity contribution in [3.05, 3.63) is 27.3 Å². The molecule has 0 fully saturated rings. The van der Waals surface area contributed by atoms with Gasteiger partial charge in [-0.1, -0.05) is 0 Å². The van der Waals surface area contributed by atoms with Crippen LogP contribution in [0, 0.1) is 15.2 Å². The molecule has 1 rings (SSSR count). The quantitative estimate of drug-likeness (QED) is 0.485. The Balaban J connectivity index is 2.90. The van der Waals surface area contributed by atoms with E-state index in [1.54, 1.807) is 22.6 Å². The molecule has 72 valence electrons. The SMILES string of the molecule is COCOc1ccc(F)c(F)c1I. The third-order valence-corrected chi connectivity index (χ3v) is 2.34. The normalized spacial score (nSPS) is 10.2. The van der Waals surface area contributed by atoms with Gasteiger partial charge in [0.1, 0.15) is 5.75 Å². The van der Waals surface area contributed by atoms with Crippen molar-refractivity contribution in [3.63, 3.8) is 0 Å². The lowest BCUT2D eigenvalue weighted by Gasteiger charge is -2.07. The molecule has 0 heterocycles. The predicted molar refractivity (Wildman–Crippen MR) is 51.6 cm³/mol. The molecule has 0 aliphatic heterocycles. The van der Waals surface area contributed by atoms with E-state index in [2.05, 4.69) is 4.74 Å². The Morgan fingerprint density at radius 2 is 2.08 bits per heavy atom. The molecule has 2 nitrogen and oxygen atoms in total. The fourth-order valence-corrected chi connectivity index (χ4v) is 1.34. The molecule has 0 unspecified atom stereocenters. The number of methoxy groups -OCH3 is 1. The summed E-state index contributed by atoms with van der Waals surface area (Å²) in [6.07, 6.45) is 0. The van der Waals surface area contributed by atoms with Gasteiger partial charge in [-0.05, 0) is 34.7 Å². The summed E-state index contributed by atoms with van der Waals surface area (Å²) in [6, 6.07) is 2.38. The molecule has 0 spiro atoms. The van der Waals surface area contributed by atoms with Gasteiger partial charge in [-0.3, -0.25) is 0 Å². The third kappa shape index (κ3) is 2.50. The Morgan fingerprint density at radius 3 is 2.69 bits per heavy atom. The van der Waals surface area contributed by atoms with Gasteiger partial charge in [-0.2, -0.15) is 0 Å². The van der Waals surface area contributed by atoms with Crippen molar-refractivity contribution in [2.75, 3.05) is 13.9 Å². The predicted octanol–water partition coefficient (Wildman–Crippen LogP) is 2.55. The molecule has 1 aromatic carbocycles. The van der Waals surface area contributed by atoms with E-state index < -0.39 is 11.6 Å². The van der Waals surface area contributed by atoms with Crippen LogP contribution in [0.1, 0.15) is 0 Å². The minimum Gasteiger partial charge on any atom is -0.466 e. The molecule has 0 bridgehead atoms. The number of hydrogen-bond donors (Lipinski definition) is 0. The fourth-order valence-electron chi connectivity index (χ4n) is 0.742. The Kier molecular flexibility index (Phi) is 3.86. The molecule has 0 aliphatic carbocycles. The zero-order chi connectivity index (χ0) is 9.84.